The lowest BCUT2D eigenvalue weighted by molar-refractivity contribution is 0.0690. The zero-order valence-corrected chi connectivity index (χ0v) is 13.6. The third kappa shape index (κ3) is 5.07. The number of carboxylic acid groups (broad SMARTS) is 1. The van der Waals surface area contributed by atoms with E-state index in [9.17, 15) is 9.59 Å². The van der Waals surface area contributed by atoms with E-state index in [4.69, 9.17) is 9.84 Å². The normalized spacial score (nSPS) is 10.3. The fourth-order valence-electron chi connectivity index (χ4n) is 1.86. The second-order valence-electron chi connectivity index (χ2n) is 4.81. The van der Waals surface area contributed by atoms with Crippen LogP contribution in [-0.4, -0.2) is 35.1 Å². The maximum absolute atomic E-state index is 12.1. The van der Waals surface area contributed by atoms with Crippen LogP contribution < -0.4 is 10.1 Å². The molecule has 0 radical (unpaired) electrons. The number of aromatic carboxylic acids is 1. The molecule has 1 heterocycles. The van der Waals surface area contributed by atoms with Crippen molar-refractivity contribution in [3.63, 3.8) is 0 Å². The van der Waals surface area contributed by atoms with Crippen molar-refractivity contribution in [2.75, 3.05) is 13.2 Å². The summed E-state index contributed by atoms with van der Waals surface area (Å²) in [6.45, 7) is 3.03. The van der Waals surface area contributed by atoms with E-state index in [0.717, 1.165) is 6.42 Å². The highest BCUT2D eigenvalue weighted by Gasteiger charge is 2.10. The Morgan fingerprint density at radius 1 is 1.39 bits per heavy atom. The largest absolute Gasteiger partial charge is 0.494 e. The summed E-state index contributed by atoms with van der Waals surface area (Å²) in [5.41, 5.74) is 0.570. The SMILES string of the molecule is CCCOc1cccc(C(=O)NCCc2nc(C(=O)O)cs2)c1. The molecule has 7 heteroatoms. The maximum atomic E-state index is 12.1. The van der Waals surface area contributed by atoms with Gasteiger partial charge in [-0.1, -0.05) is 13.0 Å². The highest BCUT2D eigenvalue weighted by molar-refractivity contribution is 7.09. The van der Waals surface area contributed by atoms with Gasteiger partial charge in [0.25, 0.3) is 5.91 Å². The Morgan fingerprint density at radius 3 is 2.91 bits per heavy atom. The van der Waals surface area contributed by atoms with Crippen LogP contribution in [0.25, 0.3) is 0 Å². The molecule has 0 saturated carbocycles. The molecule has 0 saturated heterocycles. The van der Waals surface area contributed by atoms with Gasteiger partial charge in [-0.3, -0.25) is 4.79 Å². The zero-order valence-electron chi connectivity index (χ0n) is 12.7. The molecule has 1 aromatic carbocycles. The van der Waals surface area contributed by atoms with Gasteiger partial charge in [0.05, 0.1) is 11.6 Å². The van der Waals surface area contributed by atoms with Crippen molar-refractivity contribution >= 4 is 23.2 Å². The first-order valence-corrected chi connectivity index (χ1v) is 8.17. The number of carboxylic acids is 1. The molecule has 0 aliphatic rings. The quantitative estimate of drug-likeness (QED) is 0.774. The van der Waals surface area contributed by atoms with Gasteiger partial charge >= 0.3 is 5.97 Å². The second-order valence-corrected chi connectivity index (χ2v) is 5.76. The number of amides is 1. The minimum atomic E-state index is -1.04. The number of hydrogen-bond donors (Lipinski definition) is 2. The molecule has 1 amide bonds. The minimum absolute atomic E-state index is 0.0390. The predicted octanol–water partition coefficient (Wildman–Crippen LogP) is 2.60. The number of benzene rings is 1. The first-order chi connectivity index (χ1) is 11.1. The van der Waals surface area contributed by atoms with E-state index in [1.54, 1.807) is 18.2 Å². The van der Waals surface area contributed by atoms with Crippen LogP contribution in [-0.2, 0) is 6.42 Å². The van der Waals surface area contributed by atoms with Crippen LogP contribution in [0.5, 0.6) is 5.75 Å². The van der Waals surface area contributed by atoms with Gasteiger partial charge in [-0.2, -0.15) is 0 Å². The molecular weight excluding hydrogens is 316 g/mol. The number of ether oxygens (including phenoxy) is 1. The predicted molar refractivity (Wildman–Crippen MR) is 87.3 cm³/mol. The molecule has 2 aromatic rings. The topological polar surface area (TPSA) is 88.5 Å². The summed E-state index contributed by atoms with van der Waals surface area (Å²) in [5.74, 6) is -0.562. The molecule has 2 rings (SSSR count). The van der Waals surface area contributed by atoms with Crippen molar-refractivity contribution in [1.82, 2.24) is 10.3 Å². The number of nitrogens with zero attached hydrogens (tertiary/aromatic N) is 1. The van der Waals surface area contributed by atoms with Crippen LogP contribution in [0.4, 0.5) is 0 Å². The first kappa shape index (κ1) is 17.0. The van der Waals surface area contributed by atoms with Gasteiger partial charge in [0.15, 0.2) is 5.69 Å². The Kier molecular flexibility index (Phi) is 6.10. The van der Waals surface area contributed by atoms with Crippen LogP contribution in [0.3, 0.4) is 0 Å². The van der Waals surface area contributed by atoms with Crippen LogP contribution in [0.15, 0.2) is 29.6 Å². The lowest BCUT2D eigenvalue weighted by atomic mass is 10.2. The molecule has 0 bridgehead atoms. The summed E-state index contributed by atoms with van der Waals surface area (Å²) >= 11 is 1.27. The van der Waals surface area contributed by atoms with E-state index in [2.05, 4.69) is 10.3 Å². The summed E-state index contributed by atoms with van der Waals surface area (Å²) in [4.78, 5) is 26.8. The molecular formula is C16H18N2O4S. The molecule has 122 valence electrons. The van der Waals surface area contributed by atoms with Gasteiger partial charge in [-0.25, -0.2) is 9.78 Å². The van der Waals surface area contributed by atoms with Gasteiger partial charge in [0.2, 0.25) is 0 Å². The van der Waals surface area contributed by atoms with E-state index in [1.807, 2.05) is 13.0 Å². The van der Waals surface area contributed by atoms with Gasteiger partial charge in [0, 0.05) is 23.9 Å². The van der Waals surface area contributed by atoms with E-state index in [0.29, 0.717) is 35.9 Å². The monoisotopic (exact) mass is 334 g/mol. The summed E-state index contributed by atoms with van der Waals surface area (Å²) in [6.07, 6.45) is 1.40. The van der Waals surface area contributed by atoms with Crippen molar-refractivity contribution in [2.45, 2.75) is 19.8 Å². The molecule has 1 aromatic heterocycles. The Hall–Kier alpha value is -2.41. The maximum Gasteiger partial charge on any atom is 0.355 e. The first-order valence-electron chi connectivity index (χ1n) is 7.29. The highest BCUT2D eigenvalue weighted by Crippen LogP contribution is 2.14. The van der Waals surface area contributed by atoms with Crippen molar-refractivity contribution in [2.24, 2.45) is 0 Å². The number of hydrogen-bond acceptors (Lipinski definition) is 5. The van der Waals surface area contributed by atoms with Crippen molar-refractivity contribution in [1.29, 1.82) is 0 Å². The van der Waals surface area contributed by atoms with Gasteiger partial charge in [-0.05, 0) is 24.6 Å². The summed E-state index contributed by atoms with van der Waals surface area (Å²) in [6, 6.07) is 7.02. The van der Waals surface area contributed by atoms with Crippen molar-refractivity contribution < 1.29 is 19.4 Å². The van der Waals surface area contributed by atoms with E-state index in [1.165, 1.54) is 16.7 Å². The van der Waals surface area contributed by atoms with Crippen molar-refractivity contribution in [3.8, 4) is 5.75 Å². The molecule has 6 nitrogen and oxygen atoms in total. The zero-order chi connectivity index (χ0) is 16.7. The second kappa shape index (κ2) is 8.28. The lowest BCUT2D eigenvalue weighted by Gasteiger charge is -2.07. The summed E-state index contributed by atoms with van der Waals surface area (Å²) in [5, 5.41) is 13.8. The third-order valence-corrected chi connectivity index (χ3v) is 3.87. The summed E-state index contributed by atoms with van der Waals surface area (Å²) < 4.78 is 5.50. The number of carbonyl (C=O) groups excluding carboxylic acids is 1. The molecule has 23 heavy (non-hydrogen) atoms. The molecule has 0 spiro atoms. The minimum Gasteiger partial charge on any atom is -0.494 e. The molecule has 0 fully saturated rings. The fraction of sp³-hybridized carbons (Fsp3) is 0.312. The molecule has 0 unspecified atom stereocenters. The van der Waals surface area contributed by atoms with E-state index >= 15 is 0 Å². The number of aromatic nitrogens is 1. The summed E-state index contributed by atoms with van der Waals surface area (Å²) in [7, 11) is 0. The lowest BCUT2D eigenvalue weighted by Crippen LogP contribution is -2.25. The number of rotatable bonds is 8. The standard InChI is InChI=1S/C16H18N2O4S/c1-2-8-22-12-5-3-4-11(9-12)15(19)17-7-6-14-18-13(10-23-14)16(20)21/h3-5,9-10H,2,6-8H2,1H3,(H,17,19)(H,20,21). The molecule has 0 aliphatic carbocycles. The number of thiazole rings is 1. The number of nitrogens with one attached hydrogen (secondary N) is 1. The Bertz CT molecular complexity index is 684. The molecule has 0 aliphatic heterocycles. The smallest absolute Gasteiger partial charge is 0.355 e. The van der Waals surface area contributed by atoms with E-state index < -0.39 is 5.97 Å². The Morgan fingerprint density at radius 2 is 2.22 bits per heavy atom. The van der Waals surface area contributed by atoms with E-state index in [-0.39, 0.29) is 11.6 Å². The fourth-order valence-corrected chi connectivity index (χ4v) is 2.63. The third-order valence-electron chi connectivity index (χ3n) is 2.96. The average molecular weight is 334 g/mol. The Labute approximate surface area is 138 Å². The van der Waals surface area contributed by atoms with Crippen LogP contribution in [0, 0.1) is 0 Å². The molecule has 0 atom stereocenters. The van der Waals surface area contributed by atoms with Crippen molar-refractivity contribution in [3.05, 3.63) is 45.9 Å². The van der Waals surface area contributed by atoms with Gasteiger partial charge in [-0.15, -0.1) is 11.3 Å². The highest BCUT2D eigenvalue weighted by atomic mass is 32.1. The number of carbonyl (C=O) groups is 2. The van der Waals surface area contributed by atoms with Crippen LogP contribution >= 0.6 is 11.3 Å². The average Bonchev–Trinajstić information content (AvgIpc) is 3.02. The van der Waals surface area contributed by atoms with Gasteiger partial charge in [0.1, 0.15) is 5.75 Å². The van der Waals surface area contributed by atoms with Crippen LogP contribution in [0.1, 0.15) is 39.2 Å². The molecule has 2 N–H and O–H groups in total. The van der Waals surface area contributed by atoms with Crippen LogP contribution in [0.2, 0.25) is 0 Å². The van der Waals surface area contributed by atoms with Gasteiger partial charge < -0.3 is 15.2 Å². The Balaban J connectivity index is 1.85.